The van der Waals surface area contributed by atoms with E-state index >= 15 is 0 Å². The van der Waals surface area contributed by atoms with E-state index in [1.54, 1.807) is 0 Å². The van der Waals surface area contributed by atoms with Crippen molar-refractivity contribution in [1.82, 2.24) is 0 Å². The summed E-state index contributed by atoms with van der Waals surface area (Å²) in [4.78, 5) is 2.45. The average Bonchev–Trinajstić information content (AvgIpc) is 2.87. The van der Waals surface area contributed by atoms with Crippen LogP contribution >= 0.6 is 7.41 Å². The van der Waals surface area contributed by atoms with Crippen LogP contribution in [-0.4, -0.2) is 27.0 Å². The van der Waals surface area contributed by atoms with Gasteiger partial charge in [-0.3, -0.25) is 0 Å². The second-order valence-corrected chi connectivity index (χ2v) is 10.1. The first-order chi connectivity index (χ1) is 11.1. The molecule has 0 N–H and O–H groups in total. The van der Waals surface area contributed by atoms with Crippen molar-refractivity contribution in [2.24, 2.45) is 0 Å². The summed E-state index contributed by atoms with van der Waals surface area (Å²) in [6.07, 6.45) is 1.10. The molecular weight excluding hydrogens is 299 g/mol. The maximum Gasteiger partial charge on any atom is 0.156 e. The highest BCUT2D eigenvalue weighted by atomic mass is 31.2. The lowest BCUT2D eigenvalue weighted by Gasteiger charge is -2.29. The van der Waals surface area contributed by atoms with E-state index in [1.165, 1.54) is 27.5 Å². The van der Waals surface area contributed by atoms with E-state index in [2.05, 4.69) is 97.1 Å². The molecule has 0 fully saturated rings. The van der Waals surface area contributed by atoms with Crippen LogP contribution in [-0.2, 0) is 0 Å². The predicted molar refractivity (Wildman–Crippen MR) is 105 cm³/mol. The van der Waals surface area contributed by atoms with Gasteiger partial charge in [-0.1, -0.05) is 48.5 Å². The SMILES string of the molecule is CN1C[P+](C)(N(C)c2ccccc2)c2ccc3ccccc3c21. The van der Waals surface area contributed by atoms with Crippen molar-refractivity contribution in [3.8, 4) is 0 Å². The number of fused-ring (bicyclic) bond motifs is 3. The number of rotatable bonds is 2. The minimum Gasteiger partial charge on any atom is -0.337 e. The van der Waals surface area contributed by atoms with Crippen molar-refractivity contribution < 1.29 is 0 Å². The van der Waals surface area contributed by atoms with Crippen LogP contribution in [0.15, 0.2) is 66.7 Å². The molecule has 1 aliphatic rings. The highest BCUT2D eigenvalue weighted by Gasteiger charge is 2.49. The second kappa shape index (κ2) is 5.25. The van der Waals surface area contributed by atoms with Gasteiger partial charge < -0.3 is 4.90 Å². The Morgan fingerprint density at radius 2 is 1.61 bits per heavy atom. The smallest absolute Gasteiger partial charge is 0.156 e. The molecule has 3 aromatic rings. The van der Waals surface area contributed by atoms with Crippen molar-refractivity contribution in [3.63, 3.8) is 0 Å². The number of hydrogen-bond acceptors (Lipinski definition) is 2. The Morgan fingerprint density at radius 1 is 0.913 bits per heavy atom. The zero-order valence-electron chi connectivity index (χ0n) is 13.9. The van der Waals surface area contributed by atoms with Crippen LogP contribution in [0.3, 0.4) is 0 Å². The van der Waals surface area contributed by atoms with Crippen LogP contribution in [0, 0.1) is 0 Å². The third-order valence-corrected chi connectivity index (χ3v) is 8.99. The molecule has 0 bridgehead atoms. The first-order valence-electron chi connectivity index (χ1n) is 7.99. The fourth-order valence-corrected chi connectivity index (χ4v) is 7.17. The highest BCUT2D eigenvalue weighted by Crippen LogP contribution is 2.64. The van der Waals surface area contributed by atoms with E-state index in [4.69, 9.17) is 0 Å². The zero-order valence-corrected chi connectivity index (χ0v) is 14.8. The van der Waals surface area contributed by atoms with Crippen LogP contribution in [0.25, 0.3) is 10.8 Å². The summed E-state index contributed by atoms with van der Waals surface area (Å²) < 4.78 is 2.52. The number of para-hydroxylation sites is 1. The summed E-state index contributed by atoms with van der Waals surface area (Å²) in [6.45, 7) is 2.46. The summed E-state index contributed by atoms with van der Waals surface area (Å²) in [7, 11) is 3.06. The van der Waals surface area contributed by atoms with Crippen LogP contribution < -0.4 is 14.9 Å². The van der Waals surface area contributed by atoms with Crippen LogP contribution in [0.2, 0.25) is 0 Å². The van der Waals surface area contributed by atoms with Gasteiger partial charge in [0.05, 0.1) is 18.0 Å². The van der Waals surface area contributed by atoms with Gasteiger partial charge in [0.1, 0.15) is 5.30 Å². The number of anilines is 2. The molecule has 0 aliphatic carbocycles. The molecule has 0 amide bonds. The van der Waals surface area contributed by atoms with Crippen molar-refractivity contribution in [2.75, 3.05) is 36.6 Å². The molecule has 4 rings (SSSR count). The summed E-state index contributed by atoms with van der Waals surface area (Å²) in [5.41, 5.74) is 2.72. The van der Waals surface area contributed by atoms with E-state index in [1.807, 2.05) is 0 Å². The third kappa shape index (κ3) is 2.13. The molecule has 2 nitrogen and oxygen atoms in total. The Bertz CT molecular complexity index is 862. The van der Waals surface area contributed by atoms with E-state index in [-0.39, 0.29) is 0 Å². The Morgan fingerprint density at radius 3 is 2.39 bits per heavy atom. The van der Waals surface area contributed by atoms with Gasteiger partial charge in [0.2, 0.25) is 0 Å². The van der Waals surface area contributed by atoms with Crippen LogP contribution in [0.4, 0.5) is 11.4 Å². The van der Waals surface area contributed by atoms with Crippen molar-refractivity contribution in [1.29, 1.82) is 0 Å². The molecule has 3 heteroatoms. The van der Waals surface area contributed by atoms with Gasteiger partial charge >= 0.3 is 0 Å². The lowest BCUT2D eigenvalue weighted by atomic mass is 10.1. The van der Waals surface area contributed by atoms with E-state index in [0.29, 0.717) is 0 Å². The van der Waals surface area contributed by atoms with Gasteiger partial charge in [-0.25, -0.2) is 4.67 Å². The minimum absolute atomic E-state index is 1.10. The molecule has 0 radical (unpaired) electrons. The summed E-state index contributed by atoms with van der Waals surface area (Å²) in [5.74, 6) is 0. The molecule has 1 aliphatic heterocycles. The Hall–Kier alpha value is -2.05. The Labute approximate surface area is 138 Å². The summed E-state index contributed by atoms with van der Waals surface area (Å²) >= 11 is 0. The maximum absolute atomic E-state index is 2.52. The first kappa shape index (κ1) is 14.5. The van der Waals surface area contributed by atoms with Gasteiger partial charge in [0.15, 0.2) is 13.7 Å². The predicted octanol–water partition coefficient (Wildman–Crippen LogP) is 4.57. The molecule has 1 heterocycles. The molecule has 0 spiro atoms. The lowest BCUT2D eigenvalue weighted by Crippen LogP contribution is -2.26. The maximum atomic E-state index is 2.52. The molecule has 0 aromatic heterocycles. The minimum atomic E-state index is -1.42. The largest absolute Gasteiger partial charge is 0.337 e. The molecule has 116 valence electrons. The van der Waals surface area contributed by atoms with Gasteiger partial charge in [0, 0.05) is 19.5 Å². The molecule has 23 heavy (non-hydrogen) atoms. The molecular formula is C20H22N2P+. The van der Waals surface area contributed by atoms with Crippen molar-refractivity contribution in [2.45, 2.75) is 0 Å². The third-order valence-electron chi connectivity index (χ3n) is 5.06. The summed E-state index contributed by atoms with van der Waals surface area (Å²) in [6, 6.07) is 24.1. The Balaban J connectivity index is 1.90. The molecule has 1 unspecified atom stereocenters. The van der Waals surface area contributed by atoms with Gasteiger partial charge in [-0.2, -0.15) is 0 Å². The summed E-state index contributed by atoms with van der Waals surface area (Å²) in [5, 5.41) is 4.22. The second-order valence-electron chi connectivity index (χ2n) is 6.49. The quantitative estimate of drug-likeness (QED) is 0.638. The number of nitrogens with zero attached hydrogens (tertiary/aromatic N) is 2. The van der Waals surface area contributed by atoms with E-state index in [9.17, 15) is 0 Å². The zero-order chi connectivity index (χ0) is 16.0. The van der Waals surface area contributed by atoms with Gasteiger partial charge in [0.25, 0.3) is 0 Å². The topological polar surface area (TPSA) is 6.48 Å². The normalized spacial score (nSPS) is 19.9. The average molecular weight is 321 g/mol. The van der Waals surface area contributed by atoms with Crippen molar-refractivity contribution >= 4 is 34.9 Å². The number of benzene rings is 3. The van der Waals surface area contributed by atoms with E-state index < -0.39 is 7.41 Å². The lowest BCUT2D eigenvalue weighted by molar-refractivity contribution is 1.11. The standard InChI is InChI=1S/C20H22N2P/c1-21-15-23(3,22(2)17-10-5-4-6-11-17)19-14-13-16-9-7-8-12-18(16)20(19)21/h4-14H,15H2,1-3H3/q+1. The molecule has 0 saturated carbocycles. The monoisotopic (exact) mass is 321 g/mol. The van der Waals surface area contributed by atoms with Gasteiger partial charge in [-0.15, -0.1) is 0 Å². The molecule has 3 aromatic carbocycles. The van der Waals surface area contributed by atoms with Gasteiger partial charge in [-0.05, 0) is 23.6 Å². The van der Waals surface area contributed by atoms with Crippen molar-refractivity contribution in [3.05, 3.63) is 66.7 Å². The fraction of sp³-hybridized carbons (Fsp3) is 0.200. The Kier molecular flexibility index (Phi) is 3.32. The van der Waals surface area contributed by atoms with Crippen LogP contribution in [0.1, 0.15) is 0 Å². The van der Waals surface area contributed by atoms with Crippen LogP contribution in [0.5, 0.6) is 0 Å². The molecule has 1 atom stereocenters. The first-order valence-corrected chi connectivity index (χ1v) is 10.4. The molecule has 0 saturated heterocycles. The highest BCUT2D eigenvalue weighted by molar-refractivity contribution is 7.84. The number of hydrogen-bond donors (Lipinski definition) is 0. The van der Waals surface area contributed by atoms with E-state index in [0.717, 1.165) is 6.29 Å². The fourth-order valence-electron chi connectivity index (χ4n) is 3.75.